The number of hydrogen-bond acceptors (Lipinski definition) is 4. The molecule has 1 heterocycles. The lowest BCUT2D eigenvalue weighted by Gasteiger charge is -2.47. The Morgan fingerprint density at radius 1 is 1.33 bits per heavy atom. The molecule has 3 rings (SSSR count). The van der Waals surface area contributed by atoms with Crippen LogP contribution in [0.5, 0.6) is 5.75 Å². The molecular formula is C27H32ClN3O2. The molecule has 0 saturated carbocycles. The molecule has 1 N–H and O–H groups in total. The molecule has 1 aliphatic rings. The fourth-order valence-corrected chi connectivity index (χ4v) is 4.82. The van der Waals surface area contributed by atoms with Gasteiger partial charge in [0.2, 0.25) is 0 Å². The molecule has 1 unspecified atom stereocenters. The van der Waals surface area contributed by atoms with E-state index < -0.39 is 5.91 Å². The number of ether oxygens (including phenoxy) is 1. The Bertz CT molecular complexity index is 1100. The minimum atomic E-state index is -0.485. The van der Waals surface area contributed by atoms with Gasteiger partial charge in [0.1, 0.15) is 17.4 Å². The van der Waals surface area contributed by atoms with E-state index in [9.17, 15) is 10.1 Å². The highest BCUT2D eigenvalue weighted by Crippen LogP contribution is 2.45. The maximum atomic E-state index is 12.8. The van der Waals surface area contributed by atoms with Gasteiger partial charge in [-0.3, -0.25) is 4.79 Å². The predicted molar refractivity (Wildman–Crippen MR) is 136 cm³/mol. The summed E-state index contributed by atoms with van der Waals surface area (Å²) < 4.78 is 5.48. The van der Waals surface area contributed by atoms with Gasteiger partial charge in [0.05, 0.1) is 6.61 Å². The molecule has 174 valence electrons. The molecule has 0 fully saturated rings. The number of hydrogen-bond donors (Lipinski definition) is 1. The fraction of sp³-hybridized carbons (Fsp3) is 0.407. The van der Waals surface area contributed by atoms with Crippen LogP contribution in [0.1, 0.15) is 64.5 Å². The Morgan fingerprint density at radius 2 is 2.09 bits per heavy atom. The molecule has 0 aromatic heterocycles. The van der Waals surface area contributed by atoms with E-state index in [4.69, 9.17) is 16.3 Å². The smallest absolute Gasteiger partial charge is 0.266 e. The molecule has 2 aromatic carbocycles. The summed E-state index contributed by atoms with van der Waals surface area (Å²) in [5.74, 6) is 0.513. The standard InChI is InChI=1S/C27H32ClN3O2/c1-6-11-31-25-15-24(28)19(13-23(25)18(3)16-27(31,4)5)12-20(17-29)26(32)30-21-9-8-10-22(14-21)33-7-2/h8-10,12-15,18H,6-7,11,16H2,1-5H3,(H,30,32)/b20-12+. The Balaban J connectivity index is 1.93. The quantitative estimate of drug-likeness (QED) is 0.361. The normalized spacial score (nSPS) is 17.2. The van der Waals surface area contributed by atoms with Crippen LogP contribution in [-0.2, 0) is 4.79 Å². The monoisotopic (exact) mass is 465 g/mol. The number of amides is 1. The Morgan fingerprint density at radius 3 is 2.76 bits per heavy atom. The maximum absolute atomic E-state index is 12.8. The third-order valence-corrected chi connectivity index (χ3v) is 6.35. The first-order valence-electron chi connectivity index (χ1n) is 11.5. The van der Waals surface area contributed by atoms with Crippen molar-refractivity contribution in [3.63, 3.8) is 0 Å². The number of rotatable bonds is 7. The van der Waals surface area contributed by atoms with Gasteiger partial charge in [0, 0.05) is 34.5 Å². The number of fused-ring (bicyclic) bond motifs is 1. The van der Waals surface area contributed by atoms with Gasteiger partial charge in [0.15, 0.2) is 0 Å². The van der Waals surface area contributed by atoms with Gasteiger partial charge in [-0.2, -0.15) is 5.26 Å². The van der Waals surface area contributed by atoms with Crippen LogP contribution in [0.15, 0.2) is 42.0 Å². The lowest BCUT2D eigenvalue weighted by molar-refractivity contribution is -0.112. The van der Waals surface area contributed by atoms with Crippen LogP contribution in [0.3, 0.4) is 0 Å². The lowest BCUT2D eigenvalue weighted by atomic mass is 9.79. The zero-order chi connectivity index (χ0) is 24.2. The van der Waals surface area contributed by atoms with Crippen molar-refractivity contribution in [2.24, 2.45) is 0 Å². The summed E-state index contributed by atoms with van der Waals surface area (Å²) in [7, 11) is 0. The first-order valence-corrected chi connectivity index (χ1v) is 11.8. The summed E-state index contributed by atoms with van der Waals surface area (Å²) in [6, 6.07) is 13.1. The van der Waals surface area contributed by atoms with Crippen LogP contribution in [0, 0.1) is 11.3 Å². The molecule has 1 atom stereocenters. The second kappa shape index (κ2) is 10.3. The van der Waals surface area contributed by atoms with Gasteiger partial charge in [-0.05, 0) is 81.0 Å². The molecule has 5 nitrogen and oxygen atoms in total. The summed E-state index contributed by atoms with van der Waals surface area (Å²) >= 11 is 6.66. The Labute approximate surface area is 202 Å². The number of nitrogens with zero attached hydrogens (tertiary/aromatic N) is 2. The van der Waals surface area contributed by atoms with Gasteiger partial charge in [-0.15, -0.1) is 0 Å². The molecule has 2 aromatic rings. The van der Waals surface area contributed by atoms with Gasteiger partial charge in [0.25, 0.3) is 5.91 Å². The first-order chi connectivity index (χ1) is 15.7. The van der Waals surface area contributed by atoms with E-state index in [1.54, 1.807) is 24.3 Å². The molecule has 6 heteroatoms. The number of halogens is 1. The molecule has 0 spiro atoms. The van der Waals surface area contributed by atoms with E-state index in [1.807, 2.05) is 31.2 Å². The van der Waals surface area contributed by atoms with E-state index in [-0.39, 0.29) is 11.1 Å². The number of carbonyl (C=O) groups excluding carboxylic acids is 1. The maximum Gasteiger partial charge on any atom is 0.266 e. The molecule has 0 bridgehead atoms. The SMILES string of the molecule is CCCN1c2cc(Cl)c(/C=C(\C#N)C(=O)Nc3cccc(OCC)c3)cc2C(C)CC1(C)C. The minimum absolute atomic E-state index is 0.00660. The summed E-state index contributed by atoms with van der Waals surface area (Å²) in [5.41, 5.74) is 3.60. The van der Waals surface area contributed by atoms with Crippen LogP contribution < -0.4 is 15.0 Å². The average Bonchev–Trinajstić information content (AvgIpc) is 2.75. The van der Waals surface area contributed by atoms with E-state index in [0.717, 1.165) is 25.1 Å². The zero-order valence-corrected chi connectivity index (χ0v) is 20.8. The van der Waals surface area contributed by atoms with E-state index in [0.29, 0.717) is 34.5 Å². The van der Waals surface area contributed by atoms with Crippen molar-refractivity contribution in [2.75, 3.05) is 23.4 Å². The van der Waals surface area contributed by atoms with Crippen molar-refractivity contribution in [2.45, 2.75) is 58.9 Å². The molecule has 1 amide bonds. The van der Waals surface area contributed by atoms with Crippen molar-refractivity contribution in [3.8, 4) is 11.8 Å². The molecule has 0 aliphatic carbocycles. The third kappa shape index (κ3) is 5.51. The summed E-state index contributed by atoms with van der Waals surface area (Å²) in [6.45, 7) is 12.3. The second-order valence-electron chi connectivity index (χ2n) is 9.09. The Kier molecular flexibility index (Phi) is 7.71. The largest absolute Gasteiger partial charge is 0.494 e. The highest BCUT2D eigenvalue weighted by molar-refractivity contribution is 6.32. The Hall–Kier alpha value is -2.97. The average molecular weight is 466 g/mol. The predicted octanol–water partition coefficient (Wildman–Crippen LogP) is 6.79. The van der Waals surface area contributed by atoms with Gasteiger partial charge in [-0.25, -0.2) is 0 Å². The third-order valence-electron chi connectivity index (χ3n) is 6.02. The summed E-state index contributed by atoms with van der Waals surface area (Å²) in [6.07, 6.45) is 3.63. The molecule has 0 saturated heterocycles. The van der Waals surface area contributed by atoms with Gasteiger partial charge < -0.3 is 15.0 Å². The van der Waals surface area contributed by atoms with Gasteiger partial charge >= 0.3 is 0 Å². The second-order valence-corrected chi connectivity index (χ2v) is 9.49. The van der Waals surface area contributed by atoms with Crippen molar-refractivity contribution < 1.29 is 9.53 Å². The topological polar surface area (TPSA) is 65.4 Å². The number of nitrogens with one attached hydrogen (secondary N) is 1. The van der Waals surface area contributed by atoms with Gasteiger partial charge in [-0.1, -0.05) is 31.5 Å². The fourth-order valence-electron chi connectivity index (χ4n) is 4.61. The molecule has 1 aliphatic heterocycles. The molecular weight excluding hydrogens is 434 g/mol. The van der Waals surface area contributed by atoms with E-state index >= 15 is 0 Å². The van der Waals surface area contributed by atoms with Crippen LogP contribution in [0.2, 0.25) is 5.02 Å². The molecule has 33 heavy (non-hydrogen) atoms. The van der Waals surface area contributed by atoms with Crippen molar-refractivity contribution in [1.29, 1.82) is 5.26 Å². The van der Waals surface area contributed by atoms with E-state index in [1.165, 1.54) is 5.56 Å². The van der Waals surface area contributed by atoms with Crippen molar-refractivity contribution >= 4 is 35.0 Å². The van der Waals surface area contributed by atoms with E-state index in [2.05, 4.69) is 37.9 Å². The highest BCUT2D eigenvalue weighted by atomic mass is 35.5. The highest BCUT2D eigenvalue weighted by Gasteiger charge is 2.36. The number of benzene rings is 2. The van der Waals surface area contributed by atoms with Crippen LogP contribution >= 0.6 is 11.6 Å². The number of carbonyl (C=O) groups is 1. The van der Waals surface area contributed by atoms with Crippen molar-refractivity contribution in [3.05, 3.63) is 58.1 Å². The molecule has 0 radical (unpaired) electrons. The number of anilines is 2. The first kappa shape index (κ1) is 24.7. The van der Waals surface area contributed by atoms with Crippen LogP contribution in [0.25, 0.3) is 6.08 Å². The van der Waals surface area contributed by atoms with Crippen LogP contribution in [-0.4, -0.2) is 24.6 Å². The lowest BCUT2D eigenvalue weighted by Crippen LogP contribution is -2.48. The van der Waals surface area contributed by atoms with Crippen LogP contribution in [0.4, 0.5) is 11.4 Å². The minimum Gasteiger partial charge on any atom is -0.494 e. The zero-order valence-electron chi connectivity index (χ0n) is 20.0. The van der Waals surface area contributed by atoms with Crippen molar-refractivity contribution in [1.82, 2.24) is 0 Å². The number of nitriles is 1. The summed E-state index contributed by atoms with van der Waals surface area (Å²) in [5, 5.41) is 13.0. The summed E-state index contributed by atoms with van der Waals surface area (Å²) in [4.78, 5) is 15.2.